The summed E-state index contributed by atoms with van der Waals surface area (Å²) < 4.78 is 11.2. The minimum atomic E-state index is 0.896. The number of fused-ring (bicyclic) bond motifs is 10. The summed E-state index contributed by atoms with van der Waals surface area (Å²) in [6, 6.07) is 61.4. The van der Waals surface area contributed by atoms with E-state index in [1.165, 1.54) is 71.2 Å². The molecule has 0 aliphatic carbocycles. The van der Waals surface area contributed by atoms with E-state index in [9.17, 15) is 0 Å². The van der Waals surface area contributed by atoms with Gasteiger partial charge in [0.05, 0.1) is 27.8 Å². The Morgan fingerprint density at radius 2 is 0.857 bits per heavy atom. The van der Waals surface area contributed by atoms with Gasteiger partial charge in [-0.15, -0.1) is 0 Å². The largest absolute Gasteiger partial charge is 0.456 e. The summed E-state index contributed by atoms with van der Waals surface area (Å²) in [6.07, 6.45) is 0. The van der Waals surface area contributed by atoms with Crippen molar-refractivity contribution in [1.82, 2.24) is 9.13 Å². The number of nitrogens with zero attached hydrogens (tertiary/aromatic N) is 2. The predicted octanol–water partition coefficient (Wildman–Crippen LogP) is 12.6. The average Bonchev–Trinajstić information content (AvgIpc) is 3.81. The highest BCUT2D eigenvalue weighted by molar-refractivity contribution is 6.13. The molecule has 49 heavy (non-hydrogen) atoms. The van der Waals surface area contributed by atoms with Gasteiger partial charge >= 0.3 is 0 Å². The minimum absolute atomic E-state index is 0.896. The zero-order chi connectivity index (χ0) is 32.1. The molecule has 3 heterocycles. The lowest BCUT2D eigenvalue weighted by Gasteiger charge is -2.12. The van der Waals surface area contributed by atoms with Gasteiger partial charge in [0, 0.05) is 49.5 Å². The van der Waals surface area contributed by atoms with Crippen molar-refractivity contribution in [3.63, 3.8) is 0 Å². The standard InChI is InChI=1S/C46H28N2O/c1-2-12-33-29(10-1)11-9-18-40(33)48-42-17-7-4-14-35(42)37-24-21-31(27-44(37)48)30-20-23-36-34-13-3-6-16-41(34)47(43(36)26-30)32-22-25-39-38-15-5-8-19-45(38)49-46(39)28-32/h1-28H. The molecular formula is C46H28N2O. The van der Waals surface area contributed by atoms with Gasteiger partial charge in [-0.05, 0) is 65.0 Å². The van der Waals surface area contributed by atoms with Crippen LogP contribution >= 0.6 is 0 Å². The normalized spacial score (nSPS) is 12.1. The topological polar surface area (TPSA) is 23.0 Å². The van der Waals surface area contributed by atoms with Crippen LogP contribution in [0.2, 0.25) is 0 Å². The fourth-order valence-electron chi connectivity index (χ4n) is 8.09. The van der Waals surface area contributed by atoms with Crippen molar-refractivity contribution in [2.45, 2.75) is 0 Å². The molecule has 11 aromatic rings. The van der Waals surface area contributed by atoms with E-state index < -0.39 is 0 Å². The highest BCUT2D eigenvalue weighted by Gasteiger charge is 2.18. The molecule has 0 saturated carbocycles. The molecule has 0 aliphatic rings. The summed E-state index contributed by atoms with van der Waals surface area (Å²) in [5.41, 5.74) is 11.2. The monoisotopic (exact) mass is 624 g/mol. The molecule has 3 nitrogen and oxygen atoms in total. The van der Waals surface area contributed by atoms with Crippen molar-refractivity contribution in [3.8, 4) is 22.5 Å². The first-order valence-electron chi connectivity index (χ1n) is 16.8. The quantitative estimate of drug-likeness (QED) is 0.192. The van der Waals surface area contributed by atoms with Gasteiger partial charge in [0.1, 0.15) is 11.2 Å². The van der Waals surface area contributed by atoms with Crippen LogP contribution < -0.4 is 0 Å². The summed E-state index contributed by atoms with van der Waals surface area (Å²) in [5.74, 6) is 0. The number of hydrogen-bond acceptors (Lipinski definition) is 1. The predicted molar refractivity (Wildman–Crippen MR) is 205 cm³/mol. The fourth-order valence-corrected chi connectivity index (χ4v) is 8.09. The molecule has 0 unspecified atom stereocenters. The van der Waals surface area contributed by atoms with Crippen LogP contribution in [-0.2, 0) is 0 Å². The molecule has 0 N–H and O–H groups in total. The van der Waals surface area contributed by atoms with Crippen molar-refractivity contribution < 1.29 is 4.42 Å². The Morgan fingerprint density at radius 3 is 1.61 bits per heavy atom. The fraction of sp³-hybridized carbons (Fsp3) is 0. The third kappa shape index (κ3) is 3.78. The van der Waals surface area contributed by atoms with Gasteiger partial charge in [-0.3, -0.25) is 0 Å². The van der Waals surface area contributed by atoms with E-state index in [1.807, 2.05) is 12.1 Å². The highest BCUT2D eigenvalue weighted by atomic mass is 16.3. The van der Waals surface area contributed by atoms with Crippen molar-refractivity contribution in [3.05, 3.63) is 170 Å². The third-order valence-corrected chi connectivity index (χ3v) is 10.3. The van der Waals surface area contributed by atoms with Gasteiger partial charge in [0.15, 0.2) is 0 Å². The van der Waals surface area contributed by atoms with Gasteiger partial charge in [-0.2, -0.15) is 0 Å². The first-order valence-corrected chi connectivity index (χ1v) is 16.8. The lowest BCUT2D eigenvalue weighted by Crippen LogP contribution is -1.95. The number of rotatable bonds is 3. The zero-order valence-corrected chi connectivity index (χ0v) is 26.5. The molecule has 11 rings (SSSR count). The van der Waals surface area contributed by atoms with E-state index in [1.54, 1.807) is 0 Å². The van der Waals surface area contributed by atoms with Crippen LogP contribution in [0.3, 0.4) is 0 Å². The Morgan fingerprint density at radius 1 is 0.327 bits per heavy atom. The van der Waals surface area contributed by atoms with Gasteiger partial charge in [0.2, 0.25) is 0 Å². The Kier molecular flexibility index (Phi) is 5.38. The summed E-state index contributed by atoms with van der Waals surface area (Å²) in [6.45, 7) is 0. The van der Waals surface area contributed by atoms with Crippen LogP contribution in [-0.4, -0.2) is 9.13 Å². The Hall–Kier alpha value is -6.58. The maximum Gasteiger partial charge on any atom is 0.137 e. The molecular weight excluding hydrogens is 597 g/mol. The molecule has 8 aromatic carbocycles. The second-order valence-corrected chi connectivity index (χ2v) is 12.9. The lowest BCUT2D eigenvalue weighted by molar-refractivity contribution is 0.668. The van der Waals surface area contributed by atoms with Gasteiger partial charge in [-0.1, -0.05) is 115 Å². The number of aromatic nitrogens is 2. The second kappa shape index (κ2) is 9.96. The van der Waals surface area contributed by atoms with Crippen molar-refractivity contribution in [2.24, 2.45) is 0 Å². The SMILES string of the molecule is c1ccc2c(-n3c4ccccc4c4ccc(-c5ccc6c7ccccc7n(-c7ccc8c(c7)oc7ccccc78)c6c5)cc43)cccc2c1. The van der Waals surface area contributed by atoms with Crippen molar-refractivity contribution in [1.29, 1.82) is 0 Å². The molecule has 0 aliphatic heterocycles. The number of para-hydroxylation sites is 3. The molecule has 0 fully saturated rings. The lowest BCUT2D eigenvalue weighted by atomic mass is 10.0. The van der Waals surface area contributed by atoms with Crippen LogP contribution in [0.1, 0.15) is 0 Å². The summed E-state index contributed by atoms with van der Waals surface area (Å²) in [4.78, 5) is 0. The van der Waals surface area contributed by atoms with E-state index >= 15 is 0 Å². The molecule has 3 heteroatoms. The number of hydrogen-bond donors (Lipinski definition) is 0. The molecule has 0 spiro atoms. The van der Waals surface area contributed by atoms with E-state index in [0.29, 0.717) is 0 Å². The molecule has 3 aromatic heterocycles. The van der Waals surface area contributed by atoms with Gasteiger partial charge < -0.3 is 13.6 Å². The van der Waals surface area contributed by atoms with E-state index in [-0.39, 0.29) is 0 Å². The molecule has 0 saturated heterocycles. The van der Waals surface area contributed by atoms with Crippen LogP contribution in [0.5, 0.6) is 0 Å². The Balaban J connectivity index is 1.15. The zero-order valence-electron chi connectivity index (χ0n) is 26.5. The number of benzene rings is 8. The number of furan rings is 1. The second-order valence-electron chi connectivity index (χ2n) is 12.9. The van der Waals surface area contributed by atoms with E-state index in [2.05, 4.69) is 167 Å². The molecule has 228 valence electrons. The summed E-state index contributed by atoms with van der Waals surface area (Å²) >= 11 is 0. The summed E-state index contributed by atoms with van der Waals surface area (Å²) in [7, 11) is 0. The maximum atomic E-state index is 6.33. The van der Waals surface area contributed by atoms with Gasteiger partial charge in [0.25, 0.3) is 0 Å². The average molecular weight is 625 g/mol. The molecule has 0 amide bonds. The Labute approximate surface area is 281 Å². The van der Waals surface area contributed by atoms with E-state index in [0.717, 1.165) is 27.6 Å². The first kappa shape index (κ1) is 26.5. The molecule has 0 bridgehead atoms. The van der Waals surface area contributed by atoms with E-state index in [4.69, 9.17) is 4.42 Å². The first-order chi connectivity index (χ1) is 24.3. The van der Waals surface area contributed by atoms with Gasteiger partial charge in [-0.25, -0.2) is 0 Å². The smallest absolute Gasteiger partial charge is 0.137 e. The van der Waals surface area contributed by atoms with Crippen LogP contribution in [0.25, 0.3) is 98.8 Å². The highest BCUT2D eigenvalue weighted by Crippen LogP contribution is 2.40. The summed E-state index contributed by atoms with van der Waals surface area (Å²) in [5, 5.41) is 9.73. The van der Waals surface area contributed by atoms with Crippen LogP contribution in [0, 0.1) is 0 Å². The molecule has 0 radical (unpaired) electrons. The van der Waals surface area contributed by atoms with Crippen molar-refractivity contribution >= 4 is 76.3 Å². The van der Waals surface area contributed by atoms with Crippen LogP contribution in [0.15, 0.2) is 174 Å². The Bertz CT molecular complexity index is 3110. The third-order valence-electron chi connectivity index (χ3n) is 10.3. The molecule has 0 atom stereocenters. The van der Waals surface area contributed by atoms with Crippen LogP contribution in [0.4, 0.5) is 0 Å². The minimum Gasteiger partial charge on any atom is -0.456 e. The van der Waals surface area contributed by atoms with Crippen molar-refractivity contribution in [2.75, 3.05) is 0 Å². The maximum absolute atomic E-state index is 6.33.